The molecule has 0 spiro atoms. The number of aromatic nitrogens is 1. The van der Waals surface area contributed by atoms with Crippen LogP contribution >= 0.6 is 11.3 Å². The molecule has 0 unspecified atom stereocenters. The fourth-order valence-electron chi connectivity index (χ4n) is 1.58. The molecule has 2 N–H and O–H groups in total. The summed E-state index contributed by atoms with van der Waals surface area (Å²) in [4.78, 5) is 5.06. The lowest BCUT2D eigenvalue weighted by atomic mass is 10.4. The van der Waals surface area contributed by atoms with Crippen LogP contribution in [-0.4, -0.2) is 19.9 Å². The van der Waals surface area contributed by atoms with Crippen molar-refractivity contribution in [1.82, 2.24) is 10.3 Å². The van der Waals surface area contributed by atoms with Crippen molar-refractivity contribution in [2.24, 2.45) is 0 Å². The number of hydrogen-bond acceptors (Lipinski definition) is 5. The zero-order valence-corrected chi connectivity index (χ0v) is 13.0. The van der Waals surface area contributed by atoms with Crippen molar-refractivity contribution < 1.29 is 8.42 Å². The number of hydrogen-bond donors (Lipinski definition) is 2. The fourth-order valence-corrected chi connectivity index (χ4v) is 3.95. The van der Waals surface area contributed by atoms with E-state index in [1.165, 1.54) is 17.5 Å². The molecule has 0 aliphatic heterocycles. The van der Waals surface area contributed by atoms with E-state index in [0.29, 0.717) is 16.4 Å². The van der Waals surface area contributed by atoms with Gasteiger partial charge in [0.1, 0.15) is 4.21 Å². The van der Waals surface area contributed by atoms with Gasteiger partial charge in [-0.25, -0.2) is 8.42 Å². The molecule has 0 radical (unpaired) electrons. The minimum atomic E-state index is -3.53. The van der Waals surface area contributed by atoms with Crippen LogP contribution in [0.1, 0.15) is 17.5 Å². The lowest BCUT2D eigenvalue weighted by Crippen LogP contribution is -2.12. The molecule has 2 heterocycles. The molecular weight excluding hydrogens is 294 g/mol. The van der Waals surface area contributed by atoms with Crippen molar-refractivity contribution in [2.45, 2.75) is 24.6 Å². The number of thiophene rings is 1. The highest BCUT2D eigenvalue weighted by atomic mass is 32.2. The first-order chi connectivity index (χ1) is 9.51. The second kappa shape index (κ2) is 6.34. The van der Waals surface area contributed by atoms with E-state index in [-0.39, 0.29) is 0 Å². The van der Waals surface area contributed by atoms with Gasteiger partial charge in [-0.15, -0.1) is 11.3 Å². The molecule has 108 valence electrons. The van der Waals surface area contributed by atoms with Gasteiger partial charge in [0.2, 0.25) is 0 Å². The average Bonchev–Trinajstić information content (AvgIpc) is 2.88. The zero-order valence-electron chi connectivity index (χ0n) is 11.4. The minimum Gasteiger partial charge on any atom is -0.312 e. The van der Waals surface area contributed by atoms with Crippen LogP contribution in [0.3, 0.4) is 0 Å². The van der Waals surface area contributed by atoms with E-state index < -0.39 is 10.0 Å². The van der Waals surface area contributed by atoms with Gasteiger partial charge in [0, 0.05) is 17.1 Å². The second-order valence-electron chi connectivity index (χ2n) is 4.29. The van der Waals surface area contributed by atoms with E-state index in [4.69, 9.17) is 0 Å². The summed E-state index contributed by atoms with van der Waals surface area (Å²) in [6.45, 7) is 5.40. The predicted octanol–water partition coefficient (Wildman–Crippen LogP) is 2.36. The van der Waals surface area contributed by atoms with Crippen LogP contribution in [-0.2, 0) is 16.6 Å². The van der Waals surface area contributed by atoms with Crippen LogP contribution in [0.4, 0.5) is 5.69 Å². The third kappa shape index (κ3) is 3.78. The Kier molecular flexibility index (Phi) is 4.74. The van der Waals surface area contributed by atoms with Gasteiger partial charge in [0.25, 0.3) is 10.0 Å². The van der Waals surface area contributed by atoms with E-state index in [9.17, 15) is 8.42 Å². The van der Waals surface area contributed by atoms with Crippen LogP contribution in [0.2, 0.25) is 0 Å². The van der Waals surface area contributed by atoms with Crippen molar-refractivity contribution in [1.29, 1.82) is 0 Å². The highest BCUT2D eigenvalue weighted by Gasteiger charge is 2.17. The second-order valence-corrected chi connectivity index (χ2v) is 7.37. The van der Waals surface area contributed by atoms with Crippen LogP contribution in [0.5, 0.6) is 0 Å². The SMILES string of the molecule is CCNCc1ccc(S(=O)(=O)Nc2ccc(C)nc2)s1. The van der Waals surface area contributed by atoms with Gasteiger partial charge in [-0.05, 0) is 37.7 Å². The number of nitrogens with zero attached hydrogens (tertiary/aromatic N) is 1. The van der Waals surface area contributed by atoms with Crippen LogP contribution < -0.4 is 10.0 Å². The Labute approximate surface area is 123 Å². The molecule has 0 bridgehead atoms. The highest BCUT2D eigenvalue weighted by molar-refractivity contribution is 7.94. The molecule has 2 rings (SSSR count). The third-order valence-electron chi connectivity index (χ3n) is 2.61. The Morgan fingerprint density at radius 2 is 2.05 bits per heavy atom. The van der Waals surface area contributed by atoms with E-state index in [1.807, 2.05) is 19.9 Å². The zero-order chi connectivity index (χ0) is 14.6. The first kappa shape index (κ1) is 15.0. The van der Waals surface area contributed by atoms with Crippen molar-refractivity contribution in [3.8, 4) is 0 Å². The highest BCUT2D eigenvalue weighted by Crippen LogP contribution is 2.23. The first-order valence-electron chi connectivity index (χ1n) is 6.26. The maximum atomic E-state index is 12.2. The lowest BCUT2D eigenvalue weighted by Gasteiger charge is -2.05. The summed E-state index contributed by atoms with van der Waals surface area (Å²) in [5, 5.41) is 3.17. The molecule has 0 aliphatic rings. The summed E-state index contributed by atoms with van der Waals surface area (Å²) >= 11 is 1.27. The molecule has 0 aliphatic carbocycles. The van der Waals surface area contributed by atoms with E-state index in [2.05, 4.69) is 15.0 Å². The molecule has 5 nitrogen and oxygen atoms in total. The maximum Gasteiger partial charge on any atom is 0.271 e. The topological polar surface area (TPSA) is 71.1 Å². The lowest BCUT2D eigenvalue weighted by molar-refractivity contribution is 0.603. The Hall–Kier alpha value is -1.44. The number of nitrogens with one attached hydrogen (secondary N) is 2. The smallest absolute Gasteiger partial charge is 0.271 e. The number of pyridine rings is 1. The Morgan fingerprint density at radius 3 is 2.70 bits per heavy atom. The number of sulfonamides is 1. The van der Waals surface area contributed by atoms with Gasteiger partial charge in [-0.3, -0.25) is 9.71 Å². The molecule has 20 heavy (non-hydrogen) atoms. The summed E-state index contributed by atoms with van der Waals surface area (Å²) in [6, 6.07) is 6.92. The molecule has 0 fully saturated rings. The average molecular weight is 311 g/mol. The molecule has 0 aromatic carbocycles. The molecule has 2 aromatic rings. The molecule has 0 atom stereocenters. The van der Waals surface area contributed by atoms with Gasteiger partial charge in [-0.1, -0.05) is 6.92 Å². The minimum absolute atomic E-state index is 0.311. The maximum absolute atomic E-state index is 12.2. The normalized spacial score (nSPS) is 11.5. The van der Waals surface area contributed by atoms with E-state index in [1.54, 1.807) is 18.2 Å². The Bertz CT molecular complexity index is 663. The van der Waals surface area contributed by atoms with E-state index >= 15 is 0 Å². The van der Waals surface area contributed by atoms with Gasteiger partial charge in [0.05, 0.1) is 11.9 Å². The monoisotopic (exact) mass is 311 g/mol. The summed E-state index contributed by atoms with van der Waals surface area (Å²) in [5.41, 5.74) is 1.31. The molecular formula is C13H17N3O2S2. The van der Waals surface area contributed by atoms with E-state index in [0.717, 1.165) is 17.1 Å². The third-order valence-corrected chi connectivity index (χ3v) is 5.57. The summed E-state index contributed by atoms with van der Waals surface area (Å²) in [6.07, 6.45) is 1.51. The van der Waals surface area contributed by atoms with Gasteiger partial charge in [-0.2, -0.15) is 0 Å². The summed E-state index contributed by atoms with van der Waals surface area (Å²) in [5.74, 6) is 0. The van der Waals surface area contributed by atoms with Gasteiger partial charge >= 0.3 is 0 Å². The summed E-state index contributed by atoms with van der Waals surface area (Å²) < 4.78 is 27.3. The predicted molar refractivity (Wildman–Crippen MR) is 81.5 cm³/mol. The van der Waals surface area contributed by atoms with Crippen LogP contribution in [0.25, 0.3) is 0 Å². The van der Waals surface area contributed by atoms with Crippen molar-refractivity contribution in [3.63, 3.8) is 0 Å². The van der Waals surface area contributed by atoms with Gasteiger partial charge < -0.3 is 5.32 Å². The number of aryl methyl sites for hydroxylation is 1. The quantitative estimate of drug-likeness (QED) is 0.859. The molecule has 0 saturated heterocycles. The largest absolute Gasteiger partial charge is 0.312 e. The Morgan fingerprint density at radius 1 is 1.25 bits per heavy atom. The van der Waals surface area contributed by atoms with Gasteiger partial charge in [0.15, 0.2) is 0 Å². The van der Waals surface area contributed by atoms with Crippen molar-refractivity contribution in [2.75, 3.05) is 11.3 Å². The Balaban J connectivity index is 2.13. The first-order valence-corrected chi connectivity index (χ1v) is 8.56. The molecule has 0 amide bonds. The molecule has 2 aromatic heterocycles. The molecule has 7 heteroatoms. The van der Waals surface area contributed by atoms with Crippen LogP contribution in [0, 0.1) is 6.92 Å². The fraction of sp³-hybridized carbons (Fsp3) is 0.308. The van der Waals surface area contributed by atoms with Crippen LogP contribution in [0.15, 0.2) is 34.7 Å². The molecule has 0 saturated carbocycles. The van der Waals surface area contributed by atoms with Crippen molar-refractivity contribution >= 4 is 27.0 Å². The number of anilines is 1. The standard InChI is InChI=1S/C13H17N3O2S2/c1-3-14-9-12-6-7-13(19-12)20(17,18)16-11-5-4-10(2)15-8-11/h4-8,14,16H,3,9H2,1-2H3. The van der Waals surface area contributed by atoms with Crippen molar-refractivity contribution in [3.05, 3.63) is 41.0 Å². The number of rotatable bonds is 6. The summed E-state index contributed by atoms with van der Waals surface area (Å²) in [7, 11) is -3.53.